The van der Waals surface area contributed by atoms with Crippen LogP contribution in [0.2, 0.25) is 5.82 Å². The van der Waals surface area contributed by atoms with Crippen molar-refractivity contribution in [3.05, 3.63) is 60.2 Å². The summed E-state index contributed by atoms with van der Waals surface area (Å²) in [6.45, 7) is 9.07. The molecule has 0 amide bonds. The van der Waals surface area contributed by atoms with E-state index >= 15 is 0 Å². The van der Waals surface area contributed by atoms with Crippen molar-refractivity contribution in [1.29, 1.82) is 0 Å². The van der Waals surface area contributed by atoms with Crippen LogP contribution in [0.4, 0.5) is 0 Å². The minimum Gasteiger partial charge on any atom is -0.403 e. The molecule has 1 aliphatic rings. The van der Waals surface area contributed by atoms with Crippen molar-refractivity contribution < 1.29 is 19.2 Å². The Morgan fingerprint density at radius 1 is 0.893 bits per heavy atom. The first-order valence-corrected chi connectivity index (χ1v) is 10.0. The molecule has 0 radical (unpaired) electrons. The first-order valence-electron chi connectivity index (χ1n) is 10.0. The molecule has 28 heavy (non-hydrogen) atoms. The Morgan fingerprint density at radius 2 is 1.46 bits per heavy atom. The highest BCUT2D eigenvalue weighted by atomic mass is 16.7. The molecule has 3 rings (SSSR count). The lowest BCUT2D eigenvalue weighted by molar-refractivity contribution is 0.00578. The standard InChI is InChI=1S/C23H31BO4/c1-22(2)23(3,4)28-24(27-22)21(17-26-15-14-25)16-18-10-12-20(13-11-18)19-8-6-5-7-9-19/h5-13,21,25H,14-17H2,1-4H3. The first-order chi connectivity index (χ1) is 13.3. The molecule has 150 valence electrons. The highest BCUT2D eigenvalue weighted by molar-refractivity contribution is 6.47. The Hall–Kier alpha value is -1.66. The van der Waals surface area contributed by atoms with E-state index in [1.165, 1.54) is 16.7 Å². The molecular formula is C23H31BO4. The third-order valence-electron chi connectivity index (χ3n) is 5.78. The highest BCUT2D eigenvalue weighted by Gasteiger charge is 2.53. The number of aliphatic hydroxyl groups excluding tert-OH is 1. The summed E-state index contributed by atoms with van der Waals surface area (Å²) in [6.07, 6.45) is 0.789. The van der Waals surface area contributed by atoms with Crippen LogP contribution in [0.5, 0.6) is 0 Å². The second-order valence-electron chi connectivity index (χ2n) is 8.45. The van der Waals surface area contributed by atoms with Gasteiger partial charge < -0.3 is 19.2 Å². The Morgan fingerprint density at radius 3 is 2.04 bits per heavy atom. The van der Waals surface area contributed by atoms with Gasteiger partial charge in [-0.05, 0) is 50.8 Å². The van der Waals surface area contributed by atoms with Crippen molar-refractivity contribution in [2.75, 3.05) is 19.8 Å². The molecule has 0 bridgehead atoms. The summed E-state index contributed by atoms with van der Waals surface area (Å²) in [4.78, 5) is 0. The second-order valence-corrected chi connectivity index (χ2v) is 8.45. The summed E-state index contributed by atoms with van der Waals surface area (Å²) in [5, 5.41) is 9.05. The molecule has 0 aromatic heterocycles. The molecule has 0 aliphatic carbocycles. The van der Waals surface area contributed by atoms with Gasteiger partial charge in [-0.25, -0.2) is 0 Å². The fraction of sp³-hybridized carbons (Fsp3) is 0.478. The molecule has 1 aliphatic heterocycles. The van der Waals surface area contributed by atoms with Gasteiger partial charge in [-0.3, -0.25) is 0 Å². The average Bonchev–Trinajstić information content (AvgIpc) is 2.90. The maximum atomic E-state index is 9.05. The van der Waals surface area contributed by atoms with Crippen molar-refractivity contribution in [3.8, 4) is 11.1 Å². The molecule has 0 saturated carbocycles. The fourth-order valence-electron chi connectivity index (χ4n) is 3.38. The SMILES string of the molecule is CC1(C)OB(C(COCCO)Cc2ccc(-c3ccccc3)cc2)OC1(C)C. The molecule has 1 unspecified atom stereocenters. The van der Waals surface area contributed by atoms with E-state index in [2.05, 4.69) is 76.2 Å². The fourth-order valence-corrected chi connectivity index (χ4v) is 3.38. The van der Waals surface area contributed by atoms with Gasteiger partial charge in [0, 0.05) is 12.4 Å². The molecule has 0 spiro atoms. The van der Waals surface area contributed by atoms with Gasteiger partial charge in [-0.2, -0.15) is 0 Å². The van der Waals surface area contributed by atoms with Gasteiger partial charge in [0.25, 0.3) is 0 Å². The molecule has 1 heterocycles. The summed E-state index contributed by atoms with van der Waals surface area (Å²) in [7, 11) is -0.336. The summed E-state index contributed by atoms with van der Waals surface area (Å²) in [5.74, 6) is 0.0511. The van der Waals surface area contributed by atoms with Gasteiger partial charge in [0.15, 0.2) is 0 Å². The molecule has 1 atom stereocenters. The topological polar surface area (TPSA) is 47.9 Å². The van der Waals surface area contributed by atoms with Gasteiger partial charge in [0.1, 0.15) is 0 Å². The van der Waals surface area contributed by atoms with E-state index in [4.69, 9.17) is 19.2 Å². The van der Waals surface area contributed by atoms with Crippen molar-refractivity contribution in [3.63, 3.8) is 0 Å². The minimum absolute atomic E-state index is 0.0157. The number of ether oxygens (including phenoxy) is 1. The largest absolute Gasteiger partial charge is 0.463 e. The molecular weight excluding hydrogens is 351 g/mol. The molecule has 5 heteroatoms. The van der Waals surface area contributed by atoms with Gasteiger partial charge in [0.2, 0.25) is 0 Å². The Labute approximate surface area is 169 Å². The van der Waals surface area contributed by atoms with E-state index in [0.717, 1.165) is 6.42 Å². The van der Waals surface area contributed by atoms with Crippen LogP contribution in [-0.2, 0) is 20.5 Å². The van der Waals surface area contributed by atoms with Crippen LogP contribution in [0, 0.1) is 0 Å². The normalized spacial score (nSPS) is 19.0. The summed E-state index contributed by atoms with van der Waals surface area (Å²) < 4.78 is 18.2. The van der Waals surface area contributed by atoms with E-state index in [1.54, 1.807) is 0 Å². The number of hydrogen-bond acceptors (Lipinski definition) is 4. The van der Waals surface area contributed by atoms with Crippen molar-refractivity contribution in [1.82, 2.24) is 0 Å². The Kier molecular flexibility index (Phi) is 6.61. The van der Waals surface area contributed by atoms with Crippen LogP contribution in [0.1, 0.15) is 33.3 Å². The molecule has 1 saturated heterocycles. The number of rotatable bonds is 8. The van der Waals surface area contributed by atoms with Crippen LogP contribution < -0.4 is 0 Å². The van der Waals surface area contributed by atoms with Crippen molar-refractivity contribution in [2.24, 2.45) is 0 Å². The van der Waals surface area contributed by atoms with E-state index in [1.807, 2.05) is 6.07 Å². The molecule has 4 nitrogen and oxygen atoms in total. The molecule has 2 aromatic carbocycles. The maximum absolute atomic E-state index is 9.05. The van der Waals surface area contributed by atoms with E-state index < -0.39 is 0 Å². The first kappa shape index (κ1) is 21.1. The highest BCUT2D eigenvalue weighted by Crippen LogP contribution is 2.41. The van der Waals surface area contributed by atoms with E-state index in [9.17, 15) is 0 Å². The zero-order valence-electron chi connectivity index (χ0n) is 17.4. The van der Waals surface area contributed by atoms with Crippen LogP contribution in [0.15, 0.2) is 54.6 Å². The quantitative estimate of drug-likeness (QED) is 0.544. The minimum atomic E-state index is -0.371. The monoisotopic (exact) mass is 382 g/mol. The van der Waals surface area contributed by atoms with E-state index in [-0.39, 0.29) is 30.7 Å². The predicted octanol–water partition coefficient (Wildman–Crippen LogP) is 4.37. The van der Waals surface area contributed by atoms with Crippen molar-refractivity contribution >= 4 is 7.12 Å². The number of aliphatic hydroxyl groups is 1. The number of hydrogen-bond donors (Lipinski definition) is 1. The van der Waals surface area contributed by atoms with Crippen LogP contribution in [0.25, 0.3) is 11.1 Å². The smallest absolute Gasteiger partial charge is 0.403 e. The summed E-state index contributed by atoms with van der Waals surface area (Å²) in [5.41, 5.74) is 2.89. The lowest BCUT2D eigenvalue weighted by atomic mass is 9.69. The lowest BCUT2D eigenvalue weighted by Gasteiger charge is -2.32. The number of benzene rings is 2. The molecule has 1 fully saturated rings. The van der Waals surface area contributed by atoms with Crippen molar-refractivity contribution in [2.45, 2.75) is 51.1 Å². The third kappa shape index (κ3) is 4.84. The van der Waals surface area contributed by atoms with Crippen LogP contribution in [0.3, 0.4) is 0 Å². The average molecular weight is 382 g/mol. The van der Waals surface area contributed by atoms with E-state index in [0.29, 0.717) is 13.2 Å². The third-order valence-corrected chi connectivity index (χ3v) is 5.78. The molecule has 1 N–H and O–H groups in total. The Bertz CT molecular complexity index is 727. The van der Waals surface area contributed by atoms with Gasteiger partial charge >= 0.3 is 7.12 Å². The van der Waals surface area contributed by atoms with Crippen LogP contribution in [-0.4, -0.2) is 43.2 Å². The second kappa shape index (κ2) is 8.79. The zero-order chi connectivity index (χ0) is 20.2. The van der Waals surface area contributed by atoms with Gasteiger partial charge in [0.05, 0.1) is 24.4 Å². The maximum Gasteiger partial charge on any atom is 0.463 e. The predicted molar refractivity (Wildman–Crippen MR) is 113 cm³/mol. The van der Waals surface area contributed by atoms with Crippen LogP contribution >= 0.6 is 0 Å². The Balaban J connectivity index is 1.72. The van der Waals surface area contributed by atoms with Gasteiger partial charge in [-0.15, -0.1) is 0 Å². The summed E-state index contributed by atoms with van der Waals surface area (Å²) in [6, 6.07) is 19.0. The lowest BCUT2D eigenvalue weighted by Crippen LogP contribution is -2.41. The summed E-state index contributed by atoms with van der Waals surface area (Å²) >= 11 is 0. The van der Waals surface area contributed by atoms with Gasteiger partial charge in [-0.1, -0.05) is 54.6 Å². The zero-order valence-corrected chi connectivity index (χ0v) is 17.4. The molecule has 2 aromatic rings.